The summed E-state index contributed by atoms with van der Waals surface area (Å²) >= 11 is 1.37. The van der Waals surface area contributed by atoms with Gasteiger partial charge in [0.15, 0.2) is 0 Å². The summed E-state index contributed by atoms with van der Waals surface area (Å²) < 4.78 is 10.7. The summed E-state index contributed by atoms with van der Waals surface area (Å²) in [5.41, 5.74) is -0.694. The van der Waals surface area contributed by atoms with Gasteiger partial charge in [-0.1, -0.05) is 6.92 Å². The predicted molar refractivity (Wildman–Crippen MR) is 147 cm³/mol. The molecule has 10 nitrogen and oxygen atoms in total. The Kier molecular flexibility index (Phi) is 13.3. The maximum atomic E-state index is 12.9. The van der Waals surface area contributed by atoms with Gasteiger partial charge in [0.25, 0.3) is 5.91 Å². The van der Waals surface area contributed by atoms with E-state index in [1.54, 1.807) is 60.6 Å². The molecule has 0 heterocycles. The number of hydrogen-bond acceptors (Lipinski definition) is 9. The molecule has 0 aliphatic carbocycles. The van der Waals surface area contributed by atoms with E-state index in [0.717, 1.165) is 0 Å². The number of nitrogens with one attached hydrogen (secondary N) is 2. The van der Waals surface area contributed by atoms with Gasteiger partial charge in [0.05, 0.1) is 12.7 Å². The van der Waals surface area contributed by atoms with Gasteiger partial charge in [-0.15, -0.1) is 0 Å². The summed E-state index contributed by atoms with van der Waals surface area (Å²) in [7, 11) is 0. The lowest BCUT2D eigenvalue weighted by molar-refractivity contribution is -0.158. The molecule has 0 fully saturated rings. The minimum absolute atomic E-state index is 0.00887. The van der Waals surface area contributed by atoms with Crippen LogP contribution in [0, 0.1) is 5.92 Å². The molecule has 1 aromatic carbocycles. The third-order valence-corrected chi connectivity index (χ3v) is 6.16. The summed E-state index contributed by atoms with van der Waals surface area (Å²) in [6, 6.07) is 5.12. The summed E-state index contributed by atoms with van der Waals surface area (Å²) in [6.07, 6.45) is -0.891. The van der Waals surface area contributed by atoms with Crippen molar-refractivity contribution in [2.45, 2.75) is 84.7 Å². The Morgan fingerprint density at radius 1 is 0.947 bits per heavy atom. The Hall–Kier alpha value is -2.63. The first-order valence-electron chi connectivity index (χ1n) is 12.5. The standard InChI is InChI=1S/C27H42N2O8S/c1-17(15-38-16-20(31)14-30)23(33)28-19-10-8-18(9-11-19)24(34)29-21(25(35)37-27(5,6)7)12-13-22(32)36-26(2,3)4/h8-11,17,20-21,30-31H,12-16H2,1-7H3,(H,28,33)(H,29,34)/t17-,20+,21?/m0/s1. The third-order valence-electron chi connectivity index (χ3n) is 4.80. The van der Waals surface area contributed by atoms with Crippen molar-refractivity contribution in [2.75, 3.05) is 23.4 Å². The number of carbonyl (C=O) groups excluding carboxylic acids is 4. The summed E-state index contributed by atoms with van der Waals surface area (Å²) in [5.74, 6) is -1.43. The molecular weight excluding hydrogens is 512 g/mol. The van der Waals surface area contributed by atoms with Crippen molar-refractivity contribution in [1.29, 1.82) is 0 Å². The predicted octanol–water partition coefficient (Wildman–Crippen LogP) is 2.91. The van der Waals surface area contributed by atoms with E-state index >= 15 is 0 Å². The number of rotatable bonds is 13. The van der Waals surface area contributed by atoms with Gasteiger partial charge in [0.1, 0.15) is 17.2 Å². The van der Waals surface area contributed by atoms with Crippen LogP contribution in [0.2, 0.25) is 0 Å². The molecule has 0 saturated carbocycles. The number of aliphatic hydroxyl groups excluding tert-OH is 2. The fourth-order valence-corrected chi connectivity index (χ4v) is 4.02. The molecule has 11 heteroatoms. The highest BCUT2D eigenvalue weighted by Crippen LogP contribution is 2.17. The van der Waals surface area contributed by atoms with E-state index in [0.29, 0.717) is 17.2 Å². The van der Waals surface area contributed by atoms with Gasteiger partial charge in [0.2, 0.25) is 5.91 Å². The van der Waals surface area contributed by atoms with Crippen LogP contribution in [0.3, 0.4) is 0 Å². The number of benzene rings is 1. The number of ether oxygens (including phenoxy) is 2. The van der Waals surface area contributed by atoms with E-state index in [-0.39, 0.29) is 36.8 Å². The number of amides is 2. The van der Waals surface area contributed by atoms with Crippen LogP contribution in [0.15, 0.2) is 24.3 Å². The second kappa shape index (κ2) is 15.1. The zero-order valence-corrected chi connectivity index (χ0v) is 24.1. The van der Waals surface area contributed by atoms with Crippen LogP contribution in [0.1, 0.15) is 71.7 Å². The number of carbonyl (C=O) groups is 4. The van der Waals surface area contributed by atoms with Gasteiger partial charge in [-0.05, 0) is 72.2 Å². The van der Waals surface area contributed by atoms with Crippen molar-refractivity contribution in [3.8, 4) is 0 Å². The zero-order valence-electron chi connectivity index (χ0n) is 23.3. The van der Waals surface area contributed by atoms with E-state index < -0.39 is 41.2 Å². The minimum atomic E-state index is -1.06. The Balaban J connectivity index is 2.79. The first kappa shape index (κ1) is 33.4. The fraction of sp³-hybridized carbons (Fsp3) is 0.630. The minimum Gasteiger partial charge on any atom is -0.460 e. The van der Waals surface area contributed by atoms with Crippen LogP contribution in [-0.4, -0.2) is 75.4 Å². The maximum absolute atomic E-state index is 12.9. The van der Waals surface area contributed by atoms with E-state index in [1.165, 1.54) is 23.9 Å². The van der Waals surface area contributed by atoms with Crippen molar-refractivity contribution >= 4 is 41.2 Å². The van der Waals surface area contributed by atoms with Gasteiger partial charge in [-0.2, -0.15) is 11.8 Å². The molecule has 0 radical (unpaired) electrons. The van der Waals surface area contributed by atoms with Gasteiger partial charge in [0, 0.05) is 35.1 Å². The van der Waals surface area contributed by atoms with Gasteiger partial charge < -0.3 is 30.3 Å². The van der Waals surface area contributed by atoms with E-state index in [9.17, 15) is 24.3 Å². The highest BCUT2D eigenvalue weighted by molar-refractivity contribution is 7.99. The third kappa shape index (κ3) is 13.8. The molecule has 0 aliphatic rings. The number of anilines is 1. The average Bonchev–Trinajstić information content (AvgIpc) is 2.79. The summed E-state index contributed by atoms with van der Waals surface area (Å²) in [6.45, 7) is 11.8. The molecule has 0 bridgehead atoms. The Morgan fingerprint density at radius 3 is 2.05 bits per heavy atom. The van der Waals surface area contributed by atoms with E-state index in [1.807, 2.05) is 0 Å². The number of aliphatic hydroxyl groups is 2. The quantitative estimate of drug-likeness (QED) is 0.270. The van der Waals surface area contributed by atoms with Crippen molar-refractivity contribution in [3.63, 3.8) is 0 Å². The molecular formula is C27H42N2O8S. The smallest absolute Gasteiger partial charge is 0.329 e. The molecule has 38 heavy (non-hydrogen) atoms. The number of esters is 2. The van der Waals surface area contributed by atoms with Crippen molar-refractivity contribution in [3.05, 3.63) is 29.8 Å². The van der Waals surface area contributed by atoms with Crippen LogP contribution >= 0.6 is 11.8 Å². The molecule has 214 valence electrons. The number of hydrogen-bond donors (Lipinski definition) is 4. The van der Waals surface area contributed by atoms with E-state index in [4.69, 9.17) is 14.6 Å². The lowest BCUT2D eigenvalue weighted by Crippen LogP contribution is -2.44. The van der Waals surface area contributed by atoms with Gasteiger partial charge >= 0.3 is 11.9 Å². The maximum Gasteiger partial charge on any atom is 0.329 e. The lowest BCUT2D eigenvalue weighted by atomic mass is 10.1. The fourth-order valence-electron chi connectivity index (χ4n) is 3.00. The molecule has 1 unspecified atom stereocenters. The molecule has 0 spiro atoms. The largest absolute Gasteiger partial charge is 0.460 e. The summed E-state index contributed by atoms with van der Waals surface area (Å²) in [5, 5.41) is 23.7. The Morgan fingerprint density at radius 2 is 1.53 bits per heavy atom. The topological polar surface area (TPSA) is 151 Å². The molecule has 2 amide bonds. The van der Waals surface area contributed by atoms with Crippen LogP contribution in [0.4, 0.5) is 5.69 Å². The normalized spacial score (nSPS) is 14.1. The molecule has 0 aromatic heterocycles. The van der Waals surface area contributed by atoms with Crippen LogP contribution < -0.4 is 10.6 Å². The van der Waals surface area contributed by atoms with Gasteiger partial charge in [-0.3, -0.25) is 14.4 Å². The molecule has 1 rings (SSSR count). The highest BCUT2D eigenvalue weighted by atomic mass is 32.2. The zero-order chi connectivity index (χ0) is 29.1. The molecule has 1 aromatic rings. The molecule has 0 aliphatic heterocycles. The van der Waals surface area contributed by atoms with Crippen molar-refractivity contribution in [1.82, 2.24) is 5.32 Å². The molecule has 4 N–H and O–H groups in total. The van der Waals surface area contributed by atoms with Crippen LogP contribution in [-0.2, 0) is 23.9 Å². The second-order valence-corrected chi connectivity index (χ2v) is 12.1. The van der Waals surface area contributed by atoms with Crippen molar-refractivity contribution in [2.24, 2.45) is 5.92 Å². The monoisotopic (exact) mass is 554 g/mol. The van der Waals surface area contributed by atoms with E-state index in [2.05, 4.69) is 10.6 Å². The Bertz CT molecular complexity index is 938. The van der Waals surface area contributed by atoms with Crippen LogP contribution in [0.25, 0.3) is 0 Å². The van der Waals surface area contributed by atoms with Crippen molar-refractivity contribution < 1.29 is 38.9 Å². The second-order valence-electron chi connectivity index (χ2n) is 11.0. The number of thioether (sulfide) groups is 1. The summed E-state index contributed by atoms with van der Waals surface area (Å²) in [4.78, 5) is 50.2. The average molecular weight is 555 g/mol. The molecule has 0 saturated heterocycles. The lowest BCUT2D eigenvalue weighted by Gasteiger charge is -2.25. The first-order chi connectivity index (χ1) is 17.5. The van der Waals surface area contributed by atoms with Crippen LogP contribution in [0.5, 0.6) is 0 Å². The highest BCUT2D eigenvalue weighted by Gasteiger charge is 2.28. The SMILES string of the molecule is C[C@@H](CSC[C@H](O)CO)C(=O)Nc1ccc(C(=O)NC(CCC(=O)OC(C)(C)C)C(=O)OC(C)(C)C)cc1. The Labute approximate surface area is 229 Å². The van der Waals surface area contributed by atoms with Gasteiger partial charge in [-0.25, -0.2) is 4.79 Å². The molecule has 3 atom stereocenters. The first-order valence-corrected chi connectivity index (χ1v) is 13.7.